The molecule has 4 N–H and O–H groups in total. The molecule has 0 aliphatic heterocycles. The zero-order valence-electron chi connectivity index (χ0n) is 9.23. The zero-order valence-corrected chi connectivity index (χ0v) is 10.0. The molecule has 1 rings (SSSR count). The average molecular weight is 241 g/mol. The minimum absolute atomic E-state index is 0.103. The molecule has 16 heavy (non-hydrogen) atoms. The molecule has 0 aromatic heterocycles. The van der Waals surface area contributed by atoms with Crippen molar-refractivity contribution < 1.29 is 15.0 Å². The van der Waals surface area contributed by atoms with Gasteiger partial charge in [-0.15, -0.1) is 11.8 Å². The highest BCUT2D eigenvalue weighted by atomic mass is 32.2. The van der Waals surface area contributed by atoms with E-state index in [9.17, 15) is 9.90 Å². The number of nitrogens with two attached hydrogens (primary N) is 1. The van der Waals surface area contributed by atoms with Crippen molar-refractivity contribution in [2.75, 3.05) is 11.5 Å². The highest BCUT2D eigenvalue weighted by Gasteiger charge is 2.29. The molecular formula is C11H15NO3S. The van der Waals surface area contributed by atoms with Crippen molar-refractivity contribution >= 4 is 23.4 Å². The number of carboxylic acids is 1. The fraction of sp³-hybridized carbons (Fsp3) is 0.364. The topological polar surface area (TPSA) is 83.5 Å². The Labute approximate surface area is 98.5 Å². The summed E-state index contributed by atoms with van der Waals surface area (Å²) in [6.07, 6.45) is 0. The molecule has 0 saturated carbocycles. The van der Waals surface area contributed by atoms with Gasteiger partial charge in [-0.25, -0.2) is 4.79 Å². The number of aliphatic hydroxyl groups is 1. The van der Waals surface area contributed by atoms with Gasteiger partial charge in [-0.2, -0.15) is 0 Å². The van der Waals surface area contributed by atoms with Gasteiger partial charge in [0, 0.05) is 16.3 Å². The van der Waals surface area contributed by atoms with E-state index in [2.05, 4.69) is 0 Å². The molecule has 0 bridgehead atoms. The van der Waals surface area contributed by atoms with Crippen LogP contribution in [0.25, 0.3) is 0 Å². The predicted octanol–water partition coefficient (Wildman–Crippen LogP) is 1.50. The van der Waals surface area contributed by atoms with E-state index in [1.165, 1.54) is 18.7 Å². The van der Waals surface area contributed by atoms with E-state index in [0.717, 1.165) is 10.5 Å². The van der Waals surface area contributed by atoms with Crippen LogP contribution in [0, 0.1) is 6.92 Å². The van der Waals surface area contributed by atoms with Crippen LogP contribution in [0.1, 0.15) is 12.5 Å². The van der Waals surface area contributed by atoms with Gasteiger partial charge >= 0.3 is 5.97 Å². The fourth-order valence-electron chi connectivity index (χ4n) is 1.02. The highest BCUT2D eigenvalue weighted by molar-refractivity contribution is 7.99. The molecule has 0 spiro atoms. The molecule has 1 unspecified atom stereocenters. The Bertz CT molecular complexity index is 404. The van der Waals surface area contributed by atoms with E-state index in [4.69, 9.17) is 10.8 Å². The lowest BCUT2D eigenvalue weighted by Crippen LogP contribution is -2.37. The van der Waals surface area contributed by atoms with Crippen molar-refractivity contribution in [3.8, 4) is 0 Å². The van der Waals surface area contributed by atoms with Crippen LogP contribution < -0.4 is 5.73 Å². The Hall–Kier alpha value is -1.20. The lowest BCUT2D eigenvalue weighted by Gasteiger charge is -2.17. The maximum absolute atomic E-state index is 10.7. The number of aliphatic carboxylic acids is 1. The molecule has 0 radical (unpaired) electrons. The van der Waals surface area contributed by atoms with Crippen LogP contribution in [0.15, 0.2) is 23.1 Å². The lowest BCUT2D eigenvalue weighted by atomic mass is 10.1. The summed E-state index contributed by atoms with van der Waals surface area (Å²) in [6.45, 7) is 3.17. The number of aryl methyl sites for hydroxylation is 1. The van der Waals surface area contributed by atoms with Crippen molar-refractivity contribution in [3.05, 3.63) is 23.8 Å². The first-order chi connectivity index (χ1) is 7.33. The number of anilines is 1. The van der Waals surface area contributed by atoms with Gasteiger partial charge in [0.05, 0.1) is 0 Å². The smallest absolute Gasteiger partial charge is 0.336 e. The lowest BCUT2D eigenvalue weighted by molar-refractivity contribution is -0.154. The number of hydrogen-bond donors (Lipinski definition) is 3. The summed E-state index contributed by atoms with van der Waals surface area (Å²) in [5, 5.41) is 18.3. The third kappa shape index (κ3) is 3.15. The van der Waals surface area contributed by atoms with Crippen LogP contribution >= 0.6 is 11.8 Å². The quantitative estimate of drug-likeness (QED) is 0.549. The van der Waals surface area contributed by atoms with Crippen molar-refractivity contribution in [2.45, 2.75) is 24.3 Å². The zero-order chi connectivity index (χ0) is 12.3. The van der Waals surface area contributed by atoms with Gasteiger partial charge in [-0.3, -0.25) is 0 Å². The van der Waals surface area contributed by atoms with Gasteiger partial charge in [0.25, 0.3) is 0 Å². The monoisotopic (exact) mass is 241 g/mol. The van der Waals surface area contributed by atoms with Gasteiger partial charge in [0.1, 0.15) is 0 Å². The average Bonchev–Trinajstić information content (AvgIpc) is 2.20. The Kier molecular flexibility index (Phi) is 3.83. The van der Waals surface area contributed by atoms with Crippen LogP contribution in [-0.4, -0.2) is 27.5 Å². The minimum atomic E-state index is -1.71. The van der Waals surface area contributed by atoms with Gasteiger partial charge in [0.15, 0.2) is 5.60 Å². The SMILES string of the molecule is Cc1cc(SCC(C)(O)C(=O)O)ccc1N. The summed E-state index contributed by atoms with van der Waals surface area (Å²) in [6, 6.07) is 5.45. The Balaban J connectivity index is 2.68. The third-order valence-corrected chi connectivity index (χ3v) is 3.52. The van der Waals surface area contributed by atoms with E-state index in [0.29, 0.717) is 5.69 Å². The van der Waals surface area contributed by atoms with Crippen molar-refractivity contribution in [1.29, 1.82) is 0 Å². The first kappa shape index (κ1) is 12.9. The van der Waals surface area contributed by atoms with Crippen LogP contribution in [0.5, 0.6) is 0 Å². The predicted molar refractivity (Wildman–Crippen MR) is 64.6 cm³/mol. The maximum atomic E-state index is 10.7. The second kappa shape index (κ2) is 4.76. The first-order valence-corrected chi connectivity index (χ1v) is 5.76. The van der Waals surface area contributed by atoms with Crippen LogP contribution in [-0.2, 0) is 4.79 Å². The van der Waals surface area contributed by atoms with Crippen LogP contribution in [0.4, 0.5) is 5.69 Å². The molecule has 1 aromatic carbocycles. The number of rotatable bonds is 4. The normalized spacial score (nSPS) is 14.4. The van der Waals surface area contributed by atoms with E-state index in [1.807, 2.05) is 19.1 Å². The number of carboxylic acid groups (broad SMARTS) is 1. The van der Waals surface area contributed by atoms with Crippen molar-refractivity contribution in [1.82, 2.24) is 0 Å². The van der Waals surface area contributed by atoms with Gasteiger partial charge in [-0.1, -0.05) is 0 Å². The molecule has 0 heterocycles. The third-order valence-electron chi connectivity index (χ3n) is 2.22. The largest absolute Gasteiger partial charge is 0.479 e. The summed E-state index contributed by atoms with van der Waals surface area (Å²) in [5.41, 5.74) is 5.61. The molecule has 0 saturated heterocycles. The maximum Gasteiger partial charge on any atom is 0.336 e. The number of thioether (sulfide) groups is 1. The van der Waals surface area contributed by atoms with Crippen molar-refractivity contribution in [2.24, 2.45) is 0 Å². The number of benzene rings is 1. The van der Waals surface area contributed by atoms with Gasteiger partial charge in [-0.05, 0) is 37.6 Å². The van der Waals surface area contributed by atoms with E-state index in [1.54, 1.807) is 6.07 Å². The molecule has 0 aliphatic rings. The Morgan fingerprint density at radius 3 is 2.69 bits per heavy atom. The Morgan fingerprint density at radius 1 is 1.56 bits per heavy atom. The molecule has 88 valence electrons. The molecule has 1 aromatic rings. The Morgan fingerprint density at radius 2 is 2.19 bits per heavy atom. The van der Waals surface area contributed by atoms with Crippen LogP contribution in [0.3, 0.4) is 0 Å². The summed E-state index contributed by atoms with van der Waals surface area (Å²) in [4.78, 5) is 11.6. The number of carbonyl (C=O) groups is 1. The molecular weight excluding hydrogens is 226 g/mol. The first-order valence-electron chi connectivity index (χ1n) is 4.77. The molecule has 0 amide bonds. The van der Waals surface area contributed by atoms with E-state index >= 15 is 0 Å². The number of nitrogen functional groups attached to an aromatic ring is 1. The summed E-state index contributed by atoms with van der Waals surface area (Å²) in [7, 11) is 0. The minimum Gasteiger partial charge on any atom is -0.479 e. The second-order valence-corrected chi connectivity index (χ2v) is 4.93. The molecule has 4 nitrogen and oxygen atoms in total. The summed E-state index contributed by atoms with van der Waals surface area (Å²) in [5.74, 6) is -1.11. The van der Waals surface area contributed by atoms with Gasteiger partial charge in [0.2, 0.25) is 0 Å². The number of hydrogen-bond acceptors (Lipinski definition) is 4. The molecule has 5 heteroatoms. The molecule has 0 aliphatic carbocycles. The fourth-order valence-corrected chi connectivity index (χ4v) is 2.02. The van der Waals surface area contributed by atoms with Crippen LogP contribution in [0.2, 0.25) is 0 Å². The molecule has 0 fully saturated rings. The summed E-state index contributed by atoms with van der Waals surface area (Å²) < 4.78 is 0. The highest BCUT2D eigenvalue weighted by Crippen LogP contribution is 2.25. The second-order valence-electron chi connectivity index (χ2n) is 3.89. The standard InChI is InChI=1S/C11H15NO3S/c1-7-5-8(3-4-9(7)12)16-6-11(2,15)10(13)14/h3-5,15H,6,12H2,1-2H3,(H,13,14). The van der Waals surface area contributed by atoms with Crippen molar-refractivity contribution in [3.63, 3.8) is 0 Å². The summed E-state index contributed by atoms with van der Waals surface area (Å²) >= 11 is 1.29. The van der Waals surface area contributed by atoms with E-state index in [-0.39, 0.29) is 5.75 Å². The molecule has 1 atom stereocenters. The van der Waals surface area contributed by atoms with E-state index < -0.39 is 11.6 Å². The van der Waals surface area contributed by atoms with Gasteiger partial charge < -0.3 is 15.9 Å².